The summed E-state index contributed by atoms with van der Waals surface area (Å²) in [5.41, 5.74) is 0. The molecule has 0 saturated carbocycles. The Kier molecular flexibility index (Phi) is 7.28. The van der Waals surface area contributed by atoms with Crippen LogP contribution >= 0.6 is 0 Å². The third-order valence-electron chi connectivity index (χ3n) is 1.99. The molecule has 0 rings (SSSR count). The number of carbonyl (C=O) groups excluding carboxylic acids is 1. The smallest absolute Gasteiger partial charge is 0.323 e. The van der Waals surface area contributed by atoms with E-state index in [1.807, 2.05) is 25.9 Å². The van der Waals surface area contributed by atoms with Crippen molar-refractivity contribution in [1.82, 2.24) is 15.1 Å². The number of nitrogens with zero attached hydrogens (tertiary/aromatic N) is 2. The summed E-state index contributed by atoms with van der Waals surface area (Å²) < 4.78 is 0. The van der Waals surface area contributed by atoms with Crippen molar-refractivity contribution in [2.24, 2.45) is 0 Å². The lowest BCUT2D eigenvalue weighted by Gasteiger charge is -2.23. The first-order valence-electron chi connectivity index (χ1n) is 5.36. The maximum absolute atomic E-state index is 11.6. The van der Waals surface area contributed by atoms with Crippen molar-refractivity contribution in [3.63, 3.8) is 0 Å². The summed E-state index contributed by atoms with van der Waals surface area (Å²) in [5.74, 6) is -1.03. The molecule has 0 aliphatic carbocycles. The number of rotatable bonds is 7. The molecule has 0 fully saturated rings. The zero-order valence-corrected chi connectivity index (χ0v) is 10.2. The van der Waals surface area contributed by atoms with Gasteiger partial charge in [-0.2, -0.15) is 0 Å². The second kappa shape index (κ2) is 7.92. The first-order valence-corrected chi connectivity index (χ1v) is 5.36. The lowest BCUT2D eigenvalue weighted by molar-refractivity contribution is -0.135. The fourth-order valence-electron chi connectivity index (χ4n) is 1.17. The van der Waals surface area contributed by atoms with E-state index in [1.54, 1.807) is 4.90 Å². The molecule has 2 amide bonds. The van der Waals surface area contributed by atoms with Gasteiger partial charge in [0.1, 0.15) is 6.54 Å². The van der Waals surface area contributed by atoms with Crippen LogP contribution in [0, 0.1) is 0 Å². The van der Waals surface area contributed by atoms with Crippen molar-refractivity contribution in [3.8, 4) is 0 Å². The predicted molar refractivity (Wildman–Crippen MR) is 61.5 cm³/mol. The van der Waals surface area contributed by atoms with E-state index < -0.39 is 5.97 Å². The molecule has 94 valence electrons. The Labute approximate surface area is 96.2 Å². The van der Waals surface area contributed by atoms with Gasteiger partial charge in [-0.3, -0.25) is 4.79 Å². The molecule has 0 radical (unpaired) electrons. The van der Waals surface area contributed by atoms with Gasteiger partial charge in [0, 0.05) is 19.6 Å². The van der Waals surface area contributed by atoms with Gasteiger partial charge < -0.3 is 20.2 Å². The maximum atomic E-state index is 11.6. The number of likely N-dealkylation sites (N-methyl/N-ethyl adjacent to an activating group) is 1. The molecule has 0 atom stereocenters. The molecule has 6 heteroatoms. The molecule has 0 saturated heterocycles. The molecule has 0 aromatic carbocycles. The third kappa shape index (κ3) is 7.05. The summed E-state index contributed by atoms with van der Waals surface area (Å²) in [4.78, 5) is 25.5. The first-order chi connectivity index (χ1) is 7.47. The SMILES string of the molecule is CCCN(CCN(C)C)C(=O)NCC(=O)O. The fourth-order valence-corrected chi connectivity index (χ4v) is 1.17. The van der Waals surface area contributed by atoms with E-state index in [1.165, 1.54) is 0 Å². The van der Waals surface area contributed by atoms with Crippen LogP contribution in [0.3, 0.4) is 0 Å². The van der Waals surface area contributed by atoms with Gasteiger partial charge in [0.25, 0.3) is 0 Å². The molecule has 6 nitrogen and oxygen atoms in total. The van der Waals surface area contributed by atoms with Crippen molar-refractivity contribution in [3.05, 3.63) is 0 Å². The Bertz CT molecular complexity index is 231. The van der Waals surface area contributed by atoms with E-state index in [0.29, 0.717) is 13.1 Å². The summed E-state index contributed by atoms with van der Waals surface area (Å²) >= 11 is 0. The van der Waals surface area contributed by atoms with Crippen LogP contribution in [0.25, 0.3) is 0 Å². The van der Waals surface area contributed by atoms with Crippen molar-refractivity contribution in [2.75, 3.05) is 40.3 Å². The standard InChI is InChI=1S/C10H21N3O3/c1-4-5-13(7-6-12(2)3)10(16)11-8-9(14)15/h4-8H2,1-3H3,(H,11,16)(H,14,15). The topological polar surface area (TPSA) is 72.9 Å². The first kappa shape index (κ1) is 14.7. The van der Waals surface area contributed by atoms with Crippen LogP contribution in [0.4, 0.5) is 4.79 Å². The van der Waals surface area contributed by atoms with Crippen molar-refractivity contribution >= 4 is 12.0 Å². The zero-order valence-electron chi connectivity index (χ0n) is 10.2. The van der Waals surface area contributed by atoms with Gasteiger partial charge in [-0.25, -0.2) is 4.79 Å². The molecule has 0 aromatic heterocycles. The number of carboxylic acids is 1. The lowest BCUT2D eigenvalue weighted by atomic mass is 10.4. The highest BCUT2D eigenvalue weighted by molar-refractivity contribution is 5.79. The number of hydrogen-bond donors (Lipinski definition) is 2. The number of carbonyl (C=O) groups is 2. The monoisotopic (exact) mass is 231 g/mol. The highest BCUT2D eigenvalue weighted by Crippen LogP contribution is 1.93. The van der Waals surface area contributed by atoms with Crippen LogP contribution in [0.2, 0.25) is 0 Å². The maximum Gasteiger partial charge on any atom is 0.323 e. The number of urea groups is 1. The number of hydrogen-bond acceptors (Lipinski definition) is 3. The van der Waals surface area contributed by atoms with E-state index in [-0.39, 0.29) is 12.6 Å². The van der Waals surface area contributed by atoms with Crippen molar-refractivity contribution < 1.29 is 14.7 Å². The van der Waals surface area contributed by atoms with Crippen molar-refractivity contribution in [1.29, 1.82) is 0 Å². The lowest BCUT2D eigenvalue weighted by Crippen LogP contribution is -2.44. The largest absolute Gasteiger partial charge is 0.480 e. The molecule has 0 aliphatic rings. The minimum Gasteiger partial charge on any atom is -0.480 e. The number of nitrogens with one attached hydrogen (secondary N) is 1. The molecule has 0 aliphatic heterocycles. The molecule has 0 unspecified atom stereocenters. The van der Waals surface area contributed by atoms with Gasteiger partial charge in [0.2, 0.25) is 0 Å². The van der Waals surface area contributed by atoms with Crippen LogP contribution in [0.15, 0.2) is 0 Å². The van der Waals surface area contributed by atoms with Crippen LogP contribution in [-0.2, 0) is 4.79 Å². The molecule has 0 bridgehead atoms. The minimum absolute atomic E-state index is 0.314. The Balaban J connectivity index is 4.07. The van der Waals surface area contributed by atoms with Gasteiger partial charge in [-0.1, -0.05) is 6.92 Å². The van der Waals surface area contributed by atoms with Crippen LogP contribution in [0.5, 0.6) is 0 Å². The number of carboxylic acid groups (broad SMARTS) is 1. The fraction of sp³-hybridized carbons (Fsp3) is 0.800. The second-order valence-corrected chi connectivity index (χ2v) is 3.84. The average Bonchev–Trinajstić information content (AvgIpc) is 2.20. The Morgan fingerprint density at radius 3 is 2.25 bits per heavy atom. The quantitative estimate of drug-likeness (QED) is 0.649. The van der Waals surface area contributed by atoms with E-state index in [2.05, 4.69) is 5.32 Å². The number of amides is 2. The molecule has 0 heterocycles. The van der Waals surface area contributed by atoms with E-state index in [9.17, 15) is 9.59 Å². The van der Waals surface area contributed by atoms with Gasteiger partial charge >= 0.3 is 12.0 Å². The van der Waals surface area contributed by atoms with Crippen LogP contribution < -0.4 is 5.32 Å². The van der Waals surface area contributed by atoms with Gasteiger partial charge in [-0.05, 0) is 20.5 Å². The van der Waals surface area contributed by atoms with Crippen molar-refractivity contribution in [2.45, 2.75) is 13.3 Å². The number of aliphatic carboxylic acids is 1. The molecular formula is C10H21N3O3. The normalized spacial score (nSPS) is 10.2. The minimum atomic E-state index is -1.03. The summed E-state index contributed by atoms with van der Waals surface area (Å²) in [6.07, 6.45) is 0.855. The molecular weight excluding hydrogens is 210 g/mol. The third-order valence-corrected chi connectivity index (χ3v) is 1.99. The summed E-state index contributed by atoms with van der Waals surface area (Å²) in [5, 5.41) is 10.8. The average molecular weight is 231 g/mol. The highest BCUT2D eigenvalue weighted by Gasteiger charge is 2.12. The predicted octanol–water partition coefficient (Wildman–Crippen LogP) is 0.0542. The Morgan fingerprint density at radius 1 is 1.19 bits per heavy atom. The van der Waals surface area contributed by atoms with E-state index >= 15 is 0 Å². The Hall–Kier alpha value is -1.30. The van der Waals surface area contributed by atoms with Gasteiger partial charge in [-0.15, -0.1) is 0 Å². The molecule has 2 N–H and O–H groups in total. The second-order valence-electron chi connectivity index (χ2n) is 3.84. The highest BCUT2D eigenvalue weighted by atomic mass is 16.4. The van der Waals surface area contributed by atoms with E-state index in [4.69, 9.17) is 5.11 Å². The summed E-state index contributed by atoms with van der Waals surface area (Å²) in [6.45, 7) is 3.65. The summed E-state index contributed by atoms with van der Waals surface area (Å²) in [6, 6.07) is -0.314. The molecule has 0 spiro atoms. The van der Waals surface area contributed by atoms with Gasteiger partial charge in [0.15, 0.2) is 0 Å². The molecule has 16 heavy (non-hydrogen) atoms. The Morgan fingerprint density at radius 2 is 1.81 bits per heavy atom. The van der Waals surface area contributed by atoms with Crippen LogP contribution in [0.1, 0.15) is 13.3 Å². The van der Waals surface area contributed by atoms with Gasteiger partial charge in [0.05, 0.1) is 0 Å². The van der Waals surface area contributed by atoms with E-state index in [0.717, 1.165) is 13.0 Å². The summed E-state index contributed by atoms with van der Waals surface area (Å²) in [7, 11) is 3.86. The molecule has 0 aromatic rings. The zero-order chi connectivity index (χ0) is 12.6. The van der Waals surface area contributed by atoms with Crippen LogP contribution in [-0.4, -0.2) is 67.2 Å².